The molecular weight excluding hydrogens is 202 g/mol. The van der Waals surface area contributed by atoms with Crippen LogP contribution in [0.15, 0.2) is 0 Å². The third-order valence-electron chi connectivity index (χ3n) is 3.36. The van der Waals surface area contributed by atoms with E-state index < -0.39 is 6.04 Å². The molecule has 0 aromatic heterocycles. The van der Waals surface area contributed by atoms with Crippen molar-refractivity contribution in [2.75, 3.05) is 0 Å². The Kier molecular flexibility index (Phi) is 4.36. The van der Waals surface area contributed by atoms with Crippen LogP contribution in [0.5, 0.6) is 0 Å². The van der Waals surface area contributed by atoms with Gasteiger partial charge >= 0.3 is 5.97 Å². The maximum atomic E-state index is 11.8. The molecule has 0 bridgehead atoms. The van der Waals surface area contributed by atoms with E-state index in [1.807, 2.05) is 20.8 Å². The first kappa shape index (κ1) is 13.5. The first-order chi connectivity index (χ1) is 7.30. The van der Waals surface area contributed by atoms with Gasteiger partial charge in [0.1, 0.15) is 12.1 Å². The average Bonchev–Trinajstić information content (AvgIpc) is 2.15. The lowest BCUT2D eigenvalue weighted by atomic mass is 9.86. The van der Waals surface area contributed by atoms with E-state index in [0.717, 1.165) is 19.3 Å². The van der Waals surface area contributed by atoms with Gasteiger partial charge in [0.15, 0.2) is 0 Å². The molecule has 1 saturated carbocycles. The Morgan fingerprint density at radius 1 is 1.38 bits per heavy atom. The van der Waals surface area contributed by atoms with Crippen molar-refractivity contribution in [2.24, 2.45) is 17.1 Å². The van der Waals surface area contributed by atoms with Crippen molar-refractivity contribution in [3.05, 3.63) is 0 Å². The van der Waals surface area contributed by atoms with Gasteiger partial charge in [0, 0.05) is 0 Å². The lowest BCUT2D eigenvalue weighted by Crippen LogP contribution is -2.45. The third-order valence-corrected chi connectivity index (χ3v) is 3.36. The molecule has 3 heteroatoms. The smallest absolute Gasteiger partial charge is 0.323 e. The number of nitrogens with two attached hydrogens (primary N) is 1. The topological polar surface area (TPSA) is 52.3 Å². The van der Waals surface area contributed by atoms with Gasteiger partial charge in [-0.15, -0.1) is 0 Å². The van der Waals surface area contributed by atoms with Crippen molar-refractivity contribution in [1.29, 1.82) is 0 Å². The monoisotopic (exact) mass is 227 g/mol. The summed E-state index contributed by atoms with van der Waals surface area (Å²) in [5.74, 6) is 0.420. The molecule has 0 aromatic rings. The van der Waals surface area contributed by atoms with Gasteiger partial charge in [0.05, 0.1) is 0 Å². The second kappa shape index (κ2) is 5.17. The minimum absolute atomic E-state index is 0.0876. The highest BCUT2D eigenvalue weighted by Crippen LogP contribution is 2.27. The van der Waals surface area contributed by atoms with E-state index in [4.69, 9.17) is 10.5 Å². The van der Waals surface area contributed by atoms with Crippen LogP contribution in [0, 0.1) is 11.3 Å². The first-order valence-electron chi connectivity index (χ1n) is 6.26. The number of ether oxygens (including phenoxy) is 1. The van der Waals surface area contributed by atoms with E-state index in [9.17, 15) is 4.79 Å². The molecule has 0 aromatic carbocycles. The fourth-order valence-electron chi connectivity index (χ4n) is 2.08. The van der Waals surface area contributed by atoms with E-state index in [-0.39, 0.29) is 17.5 Å². The summed E-state index contributed by atoms with van der Waals surface area (Å²) in [6.07, 6.45) is 4.48. The van der Waals surface area contributed by atoms with E-state index in [1.54, 1.807) is 0 Å². The van der Waals surface area contributed by atoms with Crippen molar-refractivity contribution >= 4 is 5.97 Å². The highest BCUT2D eigenvalue weighted by Gasteiger charge is 2.31. The second-order valence-corrected chi connectivity index (χ2v) is 6.17. The molecule has 1 aliphatic rings. The molecule has 2 N–H and O–H groups in total. The lowest BCUT2D eigenvalue weighted by molar-refractivity contribution is -0.155. The van der Waals surface area contributed by atoms with Crippen molar-refractivity contribution in [3.8, 4) is 0 Å². The number of rotatable bonds is 2. The summed E-state index contributed by atoms with van der Waals surface area (Å²) in [4.78, 5) is 11.8. The number of carbonyl (C=O) groups excluding carboxylic acids is 1. The quantitative estimate of drug-likeness (QED) is 0.737. The zero-order valence-electron chi connectivity index (χ0n) is 11.0. The highest BCUT2D eigenvalue weighted by atomic mass is 16.5. The molecule has 3 nitrogen and oxygen atoms in total. The Morgan fingerprint density at radius 3 is 2.50 bits per heavy atom. The molecule has 1 rings (SSSR count). The van der Waals surface area contributed by atoms with Gasteiger partial charge in [0.25, 0.3) is 0 Å². The number of esters is 1. The number of hydrogen-bond donors (Lipinski definition) is 1. The van der Waals surface area contributed by atoms with Crippen LogP contribution in [-0.2, 0) is 9.53 Å². The van der Waals surface area contributed by atoms with E-state index in [0.29, 0.717) is 5.92 Å². The Hall–Kier alpha value is -0.570. The standard InChI is InChI=1S/C13H25NO2/c1-9-6-5-7-10(8-9)16-12(15)11(14)13(2,3)4/h9-11H,5-8,14H2,1-4H3/t9?,10?,11-/m1/s1. The molecule has 0 heterocycles. The second-order valence-electron chi connectivity index (χ2n) is 6.17. The van der Waals surface area contributed by atoms with Crippen molar-refractivity contribution in [3.63, 3.8) is 0 Å². The maximum absolute atomic E-state index is 11.8. The van der Waals surface area contributed by atoms with Gasteiger partial charge in [-0.3, -0.25) is 4.79 Å². The van der Waals surface area contributed by atoms with Crippen LogP contribution in [0.4, 0.5) is 0 Å². The summed E-state index contributed by atoms with van der Waals surface area (Å²) >= 11 is 0. The molecule has 3 atom stereocenters. The summed E-state index contributed by atoms with van der Waals surface area (Å²) in [5, 5.41) is 0. The van der Waals surface area contributed by atoms with Crippen LogP contribution < -0.4 is 5.73 Å². The normalized spacial score (nSPS) is 28.6. The van der Waals surface area contributed by atoms with E-state index in [1.165, 1.54) is 6.42 Å². The highest BCUT2D eigenvalue weighted by molar-refractivity contribution is 5.76. The van der Waals surface area contributed by atoms with Gasteiger partial charge in [-0.05, 0) is 30.6 Å². The molecule has 1 fully saturated rings. The molecule has 0 radical (unpaired) electrons. The van der Waals surface area contributed by atoms with Gasteiger partial charge in [-0.25, -0.2) is 0 Å². The Morgan fingerprint density at radius 2 is 2.00 bits per heavy atom. The predicted molar refractivity (Wildman–Crippen MR) is 64.9 cm³/mol. The largest absolute Gasteiger partial charge is 0.461 e. The summed E-state index contributed by atoms with van der Waals surface area (Å²) < 4.78 is 5.49. The van der Waals surface area contributed by atoms with Gasteiger partial charge in [0.2, 0.25) is 0 Å². The minimum atomic E-state index is -0.523. The summed E-state index contributed by atoms with van der Waals surface area (Å²) in [7, 11) is 0. The van der Waals surface area contributed by atoms with Crippen LogP contribution in [0.25, 0.3) is 0 Å². The Bertz CT molecular complexity index is 245. The van der Waals surface area contributed by atoms with Crippen LogP contribution in [0.1, 0.15) is 53.4 Å². The SMILES string of the molecule is CC1CCCC(OC(=O)[C@@H](N)C(C)(C)C)C1. The summed E-state index contributed by atoms with van der Waals surface area (Å²) in [6, 6.07) is -0.523. The third kappa shape index (κ3) is 3.78. The molecule has 2 unspecified atom stereocenters. The average molecular weight is 227 g/mol. The van der Waals surface area contributed by atoms with E-state index in [2.05, 4.69) is 6.92 Å². The molecule has 1 aliphatic carbocycles. The molecule has 94 valence electrons. The molecule has 0 aliphatic heterocycles. The van der Waals surface area contributed by atoms with Gasteiger partial charge in [-0.1, -0.05) is 34.1 Å². The Labute approximate surface area is 98.7 Å². The zero-order valence-corrected chi connectivity index (χ0v) is 11.0. The van der Waals surface area contributed by atoms with Gasteiger partial charge in [-0.2, -0.15) is 0 Å². The zero-order chi connectivity index (χ0) is 12.3. The van der Waals surface area contributed by atoms with Crippen molar-refractivity contribution < 1.29 is 9.53 Å². The minimum Gasteiger partial charge on any atom is -0.461 e. The van der Waals surface area contributed by atoms with Crippen LogP contribution >= 0.6 is 0 Å². The molecule has 0 saturated heterocycles. The van der Waals surface area contributed by atoms with Crippen molar-refractivity contribution in [1.82, 2.24) is 0 Å². The fourth-order valence-corrected chi connectivity index (χ4v) is 2.08. The fraction of sp³-hybridized carbons (Fsp3) is 0.923. The summed E-state index contributed by atoms with van der Waals surface area (Å²) in [6.45, 7) is 8.09. The maximum Gasteiger partial charge on any atom is 0.323 e. The molecule has 0 spiro atoms. The molecule has 0 amide bonds. The predicted octanol–water partition coefficient (Wildman–Crippen LogP) is 2.48. The number of carbonyl (C=O) groups is 1. The first-order valence-corrected chi connectivity index (χ1v) is 6.26. The van der Waals surface area contributed by atoms with Gasteiger partial charge < -0.3 is 10.5 Å². The summed E-state index contributed by atoms with van der Waals surface area (Å²) in [5.41, 5.74) is 5.65. The van der Waals surface area contributed by atoms with Crippen LogP contribution in [-0.4, -0.2) is 18.1 Å². The lowest BCUT2D eigenvalue weighted by Gasteiger charge is -2.30. The van der Waals surface area contributed by atoms with Crippen molar-refractivity contribution in [2.45, 2.75) is 65.5 Å². The van der Waals surface area contributed by atoms with Crippen LogP contribution in [0.3, 0.4) is 0 Å². The Balaban J connectivity index is 2.45. The van der Waals surface area contributed by atoms with Crippen LogP contribution in [0.2, 0.25) is 0 Å². The van der Waals surface area contributed by atoms with E-state index >= 15 is 0 Å². The molecular formula is C13H25NO2. The number of hydrogen-bond acceptors (Lipinski definition) is 3. The molecule has 16 heavy (non-hydrogen) atoms.